The summed E-state index contributed by atoms with van der Waals surface area (Å²) in [7, 11) is 0. The molecule has 1 amide bonds. The van der Waals surface area contributed by atoms with Gasteiger partial charge in [-0.1, -0.05) is 33.8 Å². The number of amides is 1. The average Bonchev–Trinajstić information content (AvgIpc) is 2.75. The highest BCUT2D eigenvalue weighted by atomic mass is 16.1. The van der Waals surface area contributed by atoms with Gasteiger partial charge in [0, 0.05) is 11.5 Å². The van der Waals surface area contributed by atoms with Crippen LogP contribution in [0.5, 0.6) is 0 Å². The molecule has 3 fully saturated rings. The lowest BCUT2D eigenvalue weighted by molar-refractivity contribution is -0.124. The zero-order valence-electron chi connectivity index (χ0n) is 14.6. The summed E-state index contributed by atoms with van der Waals surface area (Å²) in [6.45, 7) is 9.89. The van der Waals surface area contributed by atoms with Crippen LogP contribution >= 0.6 is 0 Å². The minimum Gasteiger partial charge on any atom is -0.349 e. The van der Waals surface area contributed by atoms with Crippen LogP contribution < -0.4 is 5.32 Å². The zero-order chi connectivity index (χ0) is 15.7. The zero-order valence-corrected chi connectivity index (χ0v) is 14.6. The summed E-state index contributed by atoms with van der Waals surface area (Å²) in [5.74, 6) is 4.26. The van der Waals surface area contributed by atoms with Gasteiger partial charge >= 0.3 is 0 Å². The van der Waals surface area contributed by atoms with Crippen molar-refractivity contribution in [3.63, 3.8) is 0 Å². The van der Waals surface area contributed by atoms with Gasteiger partial charge in [-0.2, -0.15) is 0 Å². The van der Waals surface area contributed by atoms with E-state index in [-0.39, 0.29) is 11.3 Å². The van der Waals surface area contributed by atoms with Gasteiger partial charge < -0.3 is 5.32 Å². The summed E-state index contributed by atoms with van der Waals surface area (Å²) in [6.07, 6.45) is 10.8. The van der Waals surface area contributed by atoms with Crippen molar-refractivity contribution >= 4 is 5.91 Å². The number of rotatable bonds is 0. The van der Waals surface area contributed by atoms with E-state index in [1.807, 2.05) is 0 Å². The molecule has 2 heteroatoms. The smallest absolute Gasteiger partial charge is 0.243 e. The Kier molecular flexibility index (Phi) is 3.10. The standard InChI is InChI=1S/C20H31NO/c1-12-9-15-18-13(2)10-16-20(4,8-6-17(22)21-16)14(18)5-7-19(15,3)11-12/h6,8,12-16,18H,5,7,9-11H2,1-4H3,(H,21,22)/t12-,13+,14?,15?,16?,18?,19-,20-/m1/s1. The molecule has 1 N–H and O–H groups in total. The van der Waals surface area contributed by atoms with E-state index in [1.165, 1.54) is 25.7 Å². The molecule has 1 heterocycles. The fourth-order valence-electron chi connectivity index (χ4n) is 7.11. The molecule has 122 valence electrons. The van der Waals surface area contributed by atoms with Crippen LogP contribution in [-0.4, -0.2) is 11.9 Å². The van der Waals surface area contributed by atoms with Crippen LogP contribution in [0.25, 0.3) is 0 Å². The van der Waals surface area contributed by atoms with Gasteiger partial charge in [-0.05, 0) is 73.2 Å². The molecule has 0 radical (unpaired) electrons. The highest BCUT2D eigenvalue weighted by Gasteiger charge is 2.59. The lowest BCUT2D eigenvalue weighted by Gasteiger charge is -2.60. The quantitative estimate of drug-likeness (QED) is 0.715. The number of hydrogen-bond acceptors (Lipinski definition) is 1. The third kappa shape index (κ3) is 1.88. The van der Waals surface area contributed by atoms with Crippen LogP contribution in [0.15, 0.2) is 12.2 Å². The van der Waals surface area contributed by atoms with Crippen molar-refractivity contribution in [1.29, 1.82) is 0 Å². The molecule has 0 aromatic heterocycles. The highest BCUT2D eigenvalue weighted by Crippen LogP contribution is 2.65. The van der Waals surface area contributed by atoms with E-state index in [2.05, 4.69) is 39.1 Å². The van der Waals surface area contributed by atoms with Gasteiger partial charge in [0.1, 0.15) is 0 Å². The van der Waals surface area contributed by atoms with Crippen molar-refractivity contribution < 1.29 is 4.79 Å². The Hall–Kier alpha value is -0.790. The number of hydrogen-bond donors (Lipinski definition) is 1. The third-order valence-electron chi connectivity index (χ3n) is 8.05. The summed E-state index contributed by atoms with van der Waals surface area (Å²) in [5.41, 5.74) is 0.762. The summed E-state index contributed by atoms with van der Waals surface area (Å²) >= 11 is 0. The maximum absolute atomic E-state index is 11.8. The molecule has 0 aromatic rings. The number of carbonyl (C=O) groups excluding carboxylic acids is 1. The summed E-state index contributed by atoms with van der Waals surface area (Å²) in [5, 5.41) is 3.27. The second kappa shape index (κ2) is 4.61. The van der Waals surface area contributed by atoms with Gasteiger partial charge in [-0.15, -0.1) is 0 Å². The molecule has 4 rings (SSSR count). The van der Waals surface area contributed by atoms with Crippen molar-refractivity contribution in [2.75, 3.05) is 0 Å². The van der Waals surface area contributed by atoms with E-state index in [1.54, 1.807) is 6.08 Å². The van der Waals surface area contributed by atoms with Gasteiger partial charge in [0.05, 0.1) is 0 Å². The Balaban J connectivity index is 1.72. The van der Waals surface area contributed by atoms with Crippen molar-refractivity contribution in [2.24, 2.45) is 40.4 Å². The van der Waals surface area contributed by atoms with E-state index in [9.17, 15) is 4.79 Å². The Morgan fingerprint density at radius 2 is 1.95 bits per heavy atom. The minimum atomic E-state index is 0.114. The maximum Gasteiger partial charge on any atom is 0.243 e. The Bertz CT molecular complexity index is 526. The van der Waals surface area contributed by atoms with Gasteiger partial charge in [0.25, 0.3) is 0 Å². The van der Waals surface area contributed by atoms with E-state index >= 15 is 0 Å². The first kappa shape index (κ1) is 14.8. The fraction of sp³-hybridized carbons (Fsp3) is 0.850. The molecule has 8 atom stereocenters. The molecule has 0 aromatic carbocycles. The molecular formula is C20H31NO. The Morgan fingerprint density at radius 3 is 2.73 bits per heavy atom. The van der Waals surface area contributed by atoms with Crippen LogP contribution in [0.2, 0.25) is 0 Å². The predicted molar refractivity (Wildman–Crippen MR) is 89.2 cm³/mol. The summed E-state index contributed by atoms with van der Waals surface area (Å²) in [6, 6.07) is 0.351. The summed E-state index contributed by atoms with van der Waals surface area (Å²) in [4.78, 5) is 11.8. The lowest BCUT2D eigenvalue weighted by atomic mass is 9.46. The second-order valence-electron chi connectivity index (χ2n) is 9.50. The first-order valence-electron chi connectivity index (χ1n) is 9.33. The summed E-state index contributed by atoms with van der Waals surface area (Å²) < 4.78 is 0. The van der Waals surface area contributed by atoms with Crippen LogP contribution in [0.1, 0.15) is 59.8 Å². The largest absolute Gasteiger partial charge is 0.349 e. The molecule has 0 saturated heterocycles. The molecule has 2 nitrogen and oxygen atoms in total. The monoisotopic (exact) mass is 301 g/mol. The Labute approximate surface area is 135 Å². The Morgan fingerprint density at radius 1 is 1.18 bits per heavy atom. The number of nitrogens with one attached hydrogen (secondary N) is 1. The normalized spacial score (nSPS) is 56.8. The number of fused-ring (bicyclic) bond motifs is 5. The van der Waals surface area contributed by atoms with Crippen molar-refractivity contribution in [3.05, 3.63) is 12.2 Å². The molecule has 3 saturated carbocycles. The van der Waals surface area contributed by atoms with Gasteiger partial charge in [-0.25, -0.2) is 0 Å². The van der Waals surface area contributed by atoms with Crippen molar-refractivity contribution in [3.8, 4) is 0 Å². The number of carbonyl (C=O) groups is 1. The second-order valence-corrected chi connectivity index (χ2v) is 9.50. The first-order chi connectivity index (χ1) is 10.3. The van der Waals surface area contributed by atoms with Crippen LogP contribution in [0.3, 0.4) is 0 Å². The lowest BCUT2D eigenvalue weighted by Crippen LogP contribution is -2.61. The van der Waals surface area contributed by atoms with E-state index in [0.29, 0.717) is 11.5 Å². The SMILES string of the molecule is C[C@@H]1CC2C3C(CC[C@]2(C)C1)[C@@]1(C)C=CC(=O)NC1C[C@@H]3C. The van der Waals surface area contributed by atoms with Gasteiger partial charge in [0.15, 0.2) is 0 Å². The molecule has 0 spiro atoms. The molecule has 3 aliphatic carbocycles. The van der Waals surface area contributed by atoms with Crippen LogP contribution in [0, 0.1) is 40.4 Å². The van der Waals surface area contributed by atoms with Gasteiger partial charge in [-0.3, -0.25) is 4.79 Å². The van der Waals surface area contributed by atoms with Crippen LogP contribution in [0.4, 0.5) is 0 Å². The van der Waals surface area contributed by atoms with E-state index < -0.39 is 0 Å². The molecule has 4 aliphatic rings. The topological polar surface area (TPSA) is 29.1 Å². The average molecular weight is 301 g/mol. The first-order valence-corrected chi connectivity index (χ1v) is 9.33. The molecule has 22 heavy (non-hydrogen) atoms. The van der Waals surface area contributed by atoms with E-state index in [0.717, 1.165) is 36.0 Å². The van der Waals surface area contributed by atoms with Gasteiger partial charge in [0.2, 0.25) is 5.91 Å². The van der Waals surface area contributed by atoms with E-state index in [4.69, 9.17) is 0 Å². The predicted octanol–water partition coefficient (Wildman–Crippen LogP) is 4.17. The highest BCUT2D eigenvalue weighted by molar-refractivity contribution is 5.89. The molecule has 0 bridgehead atoms. The maximum atomic E-state index is 11.8. The molecule has 4 unspecified atom stereocenters. The minimum absolute atomic E-state index is 0.114. The van der Waals surface area contributed by atoms with Crippen molar-refractivity contribution in [2.45, 2.75) is 65.8 Å². The van der Waals surface area contributed by atoms with Crippen LogP contribution in [-0.2, 0) is 4.79 Å². The molecule has 1 aliphatic heterocycles. The fourth-order valence-corrected chi connectivity index (χ4v) is 7.11. The molecular weight excluding hydrogens is 270 g/mol. The third-order valence-corrected chi connectivity index (χ3v) is 8.05. The van der Waals surface area contributed by atoms with Crippen molar-refractivity contribution in [1.82, 2.24) is 5.32 Å².